The number of aromatic nitrogens is 5. The summed E-state index contributed by atoms with van der Waals surface area (Å²) in [7, 11) is 0. The molecule has 0 radical (unpaired) electrons. The van der Waals surface area contributed by atoms with Crippen molar-refractivity contribution in [2.24, 2.45) is 0 Å². The first kappa shape index (κ1) is 13.1. The Morgan fingerprint density at radius 3 is 2.90 bits per heavy atom. The second-order valence-electron chi connectivity index (χ2n) is 4.68. The Morgan fingerprint density at radius 1 is 1.48 bits per heavy atom. The zero-order valence-corrected chi connectivity index (χ0v) is 10.9. The van der Waals surface area contributed by atoms with Gasteiger partial charge in [0.25, 0.3) is 0 Å². The molecule has 2 amide bonds. The van der Waals surface area contributed by atoms with E-state index in [4.69, 9.17) is 5.11 Å². The summed E-state index contributed by atoms with van der Waals surface area (Å²) in [5.74, 6) is -1.12. The van der Waals surface area contributed by atoms with Crippen LogP contribution in [0.25, 0.3) is 0 Å². The summed E-state index contributed by atoms with van der Waals surface area (Å²) in [6.45, 7) is 1.32. The van der Waals surface area contributed by atoms with Gasteiger partial charge >= 0.3 is 12.0 Å². The van der Waals surface area contributed by atoms with Crippen LogP contribution in [0, 0.1) is 0 Å². The fourth-order valence-corrected chi connectivity index (χ4v) is 2.01. The van der Waals surface area contributed by atoms with Crippen LogP contribution in [0.15, 0.2) is 18.7 Å². The normalized spacial score (nSPS) is 14.8. The predicted molar refractivity (Wildman–Crippen MR) is 68.4 cm³/mol. The number of carboxylic acid groups (broad SMARTS) is 1. The van der Waals surface area contributed by atoms with Gasteiger partial charge in [-0.15, -0.1) is 5.10 Å². The standard InChI is InChI=1S/C11H13N7O3/c19-10(20)9-5-18(16-15-9)8-3-17(4-8)11(21)13-2-7-1-12-6-14-7/h1,5-6,8H,2-4H2,(H,12,14)(H,13,21)(H,19,20). The summed E-state index contributed by atoms with van der Waals surface area (Å²) >= 11 is 0. The number of hydrogen-bond donors (Lipinski definition) is 3. The van der Waals surface area contributed by atoms with Gasteiger partial charge < -0.3 is 20.3 Å². The molecule has 0 saturated carbocycles. The van der Waals surface area contributed by atoms with Crippen LogP contribution in [-0.4, -0.2) is 60.1 Å². The number of amides is 2. The van der Waals surface area contributed by atoms with Crippen molar-refractivity contribution in [3.63, 3.8) is 0 Å². The highest BCUT2D eigenvalue weighted by atomic mass is 16.4. The second-order valence-corrected chi connectivity index (χ2v) is 4.68. The molecular weight excluding hydrogens is 278 g/mol. The molecule has 21 heavy (non-hydrogen) atoms. The molecule has 1 aliphatic rings. The van der Waals surface area contributed by atoms with Gasteiger partial charge in [-0.1, -0.05) is 5.21 Å². The lowest BCUT2D eigenvalue weighted by molar-refractivity contribution is 0.0690. The van der Waals surface area contributed by atoms with Crippen LogP contribution < -0.4 is 5.32 Å². The molecule has 1 fully saturated rings. The van der Waals surface area contributed by atoms with E-state index < -0.39 is 5.97 Å². The van der Waals surface area contributed by atoms with Crippen molar-refractivity contribution in [2.45, 2.75) is 12.6 Å². The first-order valence-electron chi connectivity index (χ1n) is 6.28. The molecule has 0 unspecified atom stereocenters. The van der Waals surface area contributed by atoms with Gasteiger partial charge in [0.05, 0.1) is 30.8 Å². The van der Waals surface area contributed by atoms with Crippen molar-refractivity contribution in [3.8, 4) is 0 Å². The number of carboxylic acids is 1. The summed E-state index contributed by atoms with van der Waals surface area (Å²) in [6, 6.07) is -0.220. The minimum Gasteiger partial charge on any atom is -0.476 e. The summed E-state index contributed by atoms with van der Waals surface area (Å²) < 4.78 is 1.47. The predicted octanol–water partition coefficient (Wildman–Crippen LogP) is -0.534. The van der Waals surface area contributed by atoms with Gasteiger partial charge in [-0.25, -0.2) is 19.3 Å². The van der Waals surface area contributed by atoms with Gasteiger partial charge in [-0.05, 0) is 0 Å². The van der Waals surface area contributed by atoms with Crippen LogP contribution in [-0.2, 0) is 6.54 Å². The summed E-state index contributed by atoms with van der Waals surface area (Å²) in [4.78, 5) is 30.9. The van der Waals surface area contributed by atoms with E-state index in [1.54, 1.807) is 17.4 Å². The van der Waals surface area contributed by atoms with Crippen molar-refractivity contribution < 1.29 is 14.7 Å². The highest BCUT2D eigenvalue weighted by Crippen LogP contribution is 2.20. The molecule has 0 aliphatic carbocycles. The average Bonchev–Trinajstić information content (AvgIpc) is 3.06. The zero-order chi connectivity index (χ0) is 14.8. The Labute approximate surface area is 118 Å². The summed E-state index contributed by atoms with van der Waals surface area (Å²) in [6.07, 6.45) is 4.56. The van der Waals surface area contributed by atoms with E-state index in [9.17, 15) is 9.59 Å². The fourth-order valence-electron chi connectivity index (χ4n) is 2.01. The van der Waals surface area contributed by atoms with Crippen LogP contribution in [0.5, 0.6) is 0 Å². The Bertz CT molecular complexity index is 645. The third-order valence-corrected chi connectivity index (χ3v) is 3.24. The molecule has 3 heterocycles. The van der Waals surface area contributed by atoms with Crippen molar-refractivity contribution in [1.29, 1.82) is 0 Å². The molecule has 3 rings (SSSR count). The van der Waals surface area contributed by atoms with Gasteiger partial charge in [-0.2, -0.15) is 0 Å². The number of carbonyl (C=O) groups is 2. The monoisotopic (exact) mass is 291 g/mol. The van der Waals surface area contributed by atoms with E-state index >= 15 is 0 Å². The molecule has 3 N–H and O–H groups in total. The molecule has 1 aliphatic heterocycles. The SMILES string of the molecule is O=C(O)c1cn(C2CN(C(=O)NCc3cnc[nH]3)C2)nn1. The van der Waals surface area contributed by atoms with Crippen molar-refractivity contribution in [1.82, 2.24) is 35.2 Å². The largest absolute Gasteiger partial charge is 0.476 e. The lowest BCUT2D eigenvalue weighted by Crippen LogP contribution is -2.54. The Balaban J connectivity index is 1.48. The first-order chi connectivity index (χ1) is 10.1. The molecule has 0 bridgehead atoms. The van der Waals surface area contributed by atoms with E-state index in [2.05, 4.69) is 25.6 Å². The molecule has 2 aromatic heterocycles. The van der Waals surface area contributed by atoms with Crippen LogP contribution in [0.2, 0.25) is 0 Å². The molecule has 10 heteroatoms. The smallest absolute Gasteiger partial charge is 0.358 e. The van der Waals surface area contributed by atoms with Gasteiger partial charge in [-0.3, -0.25) is 0 Å². The van der Waals surface area contributed by atoms with Gasteiger partial charge in [0.15, 0.2) is 5.69 Å². The average molecular weight is 291 g/mol. The third kappa shape index (κ3) is 2.68. The minimum atomic E-state index is -1.12. The molecule has 0 spiro atoms. The molecule has 1 saturated heterocycles. The minimum absolute atomic E-state index is 0.0384. The maximum atomic E-state index is 11.9. The molecular formula is C11H13N7O3. The van der Waals surface area contributed by atoms with Crippen LogP contribution >= 0.6 is 0 Å². The maximum Gasteiger partial charge on any atom is 0.358 e. The number of urea groups is 1. The number of H-pyrrole nitrogens is 1. The van der Waals surface area contributed by atoms with E-state index in [1.807, 2.05) is 0 Å². The number of carbonyl (C=O) groups excluding carboxylic acids is 1. The Hall–Kier alpha value is -2.91. The van der Waals surface area contributed by atoms with Gasteiger partial charge in [0.2, 0.25) is 0 Å². The highest BCUT2D eigenvalue weighted by Gasteiger charge is 2.33. The number of imidazole rings is 1. The number of aromatic amines is 1. The molecule has 0 aromatic carbocycles. The molecule has 110 valence electrons. The highest BCUT2D eigenvalue weighted by molar-refractivity contribution is 5.84. The van der Waals surface area contributed by atoms with Crippen molar-refractivity contribution >= 4 is 12.0 Å². The molecule has 2 aromatic rings. The number of rotatable bonds is 4. The molecule has 10 nitrogen and oxygen atoms in total. The number of nitrogens with one attached hydrogen (secondary N) is 2. The van der Waals surface area contributed by atoms with Crippen LogP contribution in [0.1, 0.15) is 22.2 Å². The number of nitrogens with zero attached hydrogens (tertiary/aromatic N) is 5. The van der Waals surface area contributed by atoms with Crippen molar-refractivity contribution in [2.75, 3.05) is 13.1 Å². The van der Waals surface area contributed by atoms with Crippen LogP contribution in [0.3, 0.4) is 0 Å². The zero-order valence-electron chi connectivity index (χ0n) is 10.9. The van der Waals surface area contributed by atoms with Crippen LogP contribution in [0.4, 0.5) is 4.79 Å². The summed E-state index contributed by atoms with van der Waals surface area (Å²) in [5, 5.41) is 18.8. The summed E-state index contributed by atoms with van der Waals surface area (Å²) in [5.41, 5.74) is 0.722. The van der Waals surface area contributed by atoms with Gasteiger partial charge in [0, 0.05) is 19.3 Å². The lowest BCUT2D eigenvalue weighted by Gasteiger charge is -2.38. The lowest BCUT2D eigenvalue weighted by atomic mass is 10.1. The number of likely N-dealkylation sites (tertiary alicyclic amines) is 1. The number of hydrogen-bond acceptors (Lipinski definition) is 5. The van der Waals surface area contributed by atoms with E-state index in [1.165, 1.54) is 10.9 Å². The Morgan fingerprint density at radius 2 is 2.29 bits per heavy atom. The quantitative estimate of drug-likeness (QED) is 0.694. The topological polar surface area (TPSA) is 129 Å². The molecule has 0 atom stereocenters. The third-order valence-electron chi connectivity index (χ3n) is 3.24. The van der Waals surface area contributed by atoms with E-state index in [-0.39, 0.29) is 17.8 Å². The maximum absolute atomic E-state index is 11.9. The first-order valence-corrected chi connectivity index (χ1v) is 6.28. The van der Waals surface area contributed by atoms with E-state index in [0.29, 0.717) is 19.6 Å². The van der Waals surface area contributed by atoms with Crippen molar-refractivity contribution in [3.05, 3.63) is 30.1 Å². The van der Waals surface area contributed by atoms with E-state index in [0.717, 1.165) is 5.69 Å². The second kappa shape index (κ2) is 5.23. The van der Waals surface area contributed by atoms with Gasteiger partial charge in [0.1, 0.15) is 0 Å². The Kier molecular flexibility index (Phi) is 3.26. The number of aromatic carboxylic acids is 1. The fraction of sp³-hybridized carbons (Fsp3) is 0.364.